The van der Waals surface area contributed by atoms with Gasteiger partial charge in [-0.1, -0.05) is 19.8 Å². The number of nitrogens with zero attached hydrogens (tertiary/aromatic N) is 2. The van der Waals surface area contributed by atoms with Gasteiger partial charge in [-0.05, 0) is 31.7 Å². The van der Waals surface area contributed by atoms with E-state index < -0.39 is 5.97 Å². The van der Waals surface area contributed by atoms with E-state index in [0.29, 0.717) is 30.2 Å². The Hall–Kier alpha value is -1.65. The lowest BCUT2D eigenvalue weighted by molar-refractivity contribution is 0.0519. The number of rotatable bonds is 4. The fourth-order valence-corrected chi connectivity index (χ4v) is 2.44. The molecule has 0 aliphatic heterocycles. The second kappa shape index (κ2) is 6.50. The van der Waals surface area contributed by atoms with Crippen LogP contribution in [0.25, 0.3) is 0 Å². The molecule has 2 rings (SSSR count). The van der Waals surface area contributed by atoms with Gasteiger partial charge in [0.25, 0.3) is 0 Å². The molecule has 1 aromatic heterocycles. The molecule has 1 fully saturated rings. The number of carbonyl (C=O) groups excluding carboxylic acids is 1. The first-order valence-corrected chi connectivity index (χ1v) is 6.97. The molecule has 0 bridgehead atoms. The maximum Gasteiger partial charge on any atom is 0.357 e. The molecule has 0 amide bonds. The maximum atomic E-state index is 11.6. The van der Waals surface area contributed by atoms with Gasteiger partial charge in [-0.3, -0.25) is 0 Å². The van der Waals surface area contributed by atoms with Gasteiger partial charge < -0.3 is 10.1 Å². The fraction of sp³-hybridized carbons (Fsp3) is 0.643. The minimum atomic E-state index is -0.398. The first-order valence-electron chi connectivity index (χ1n) is 6.97. The summed E-state index contributed by atoms with van der Waals surface area (Å²) in [5, 5.41) is 3.34. The molecule has 0 spiro atoms. The number of hydrogen-bond donors (Lipinski definition) is 1. The van der Waals surface area contributed by atoms with Gasteiger partial charge >= 0.3 is 5.97 Å². The third-order valence-corrected chi connectivity index (χ3v) is 3.57. The molecule has 0 radical (unpaired) electrons. The Labute approximate surface area is 113 Å². The second-order valence-electron chi connectivity index (χ2n) is 5.00. The summed E-state index contributed by atoms with van der Waals surface area (Å²) in [6.45, 7) is 4.37. The number of aromatic nitrogens is 2. The van der Waals surface area contributed by atoms with E-state index in [1.165, 1.54) is 19.3 Å². The van der Waals surface area contributed by atoms with Crippen LogP contribution in [-0.4, -0.2) is 28.6 Å². The molecule has 1 aliphatic carbocycles. The number of nitrogens with one attached hydrogen (secondary N) is 1. The van der Waals surface area contributed by atoms with Crippen molar-refractivity contribution in [1.29, 1.82) is 0 Å². The van der Waals surface area contributed by atoms with Gasteiger partial charge in [0.05, 0.1) is 6.61 Å². The fourth-order valence-electron chi connectivity index (χ4n) is 2.44. The van der Waals surface area contributed by atoms with E-state index in [9.17, 15) is 4.79 Å². The average molecular weight is 263 g/mol. The monoisotopic (exact) mass is 263 g/mol. The van der Waals surface area contributed by atoms with Crippen molar-refractivity contribution in [2.45, 2.75) is 45.6 Å². The molecule has 5 nitrogen and oxygen atoms in total. The lowest BCUT2D eigenvalue weighted by Crippen LogP contribution is -2.31. The summed E-state index contributed by atoms with van der Waals surface area (Å²) in [6, 6.07) is 1.97. The quantitative estimate of drug-likeness (QED) is 0.846. The molecular formula is C14H21N3O2. The van der Waals surface area contributed by atoms with E-state index in [4.69, 9.17) is 4.74 Å². The Morgan fingerprint density at radius 2 is 2.26 bits per heavy atom. The van der Waals surface area contributed by atoms with Crippen molar-refractivity contribution < 1.29 is 9.53 Å². The number of anilines is 1. The smallest absolute Gasteiger partial charge is 0.357 e. The molecule has 19 heavy (non-hydrogen) atoms. The molecule has 5 heteroatoms. The van der Waals surface area contributed by atoms with E-state index in [1.54, 1.807) is 19.2 Å². The lowest BCUT2D eigenvalue weighted by Gasteiger charge is -2.29. The largest absolute Gasteiger partial charge is 0.461 e. The maximum absolute atomic E-state index is 11.6. The standard InChI is InChI=1S/C14H21N3O2/c1-3-19-13(18)12-8-9-15-14(17-12)16-11-7-5-4-6-10(11)2/h8-11H,3-7H2,1-2H3,(H,15,16,17). The van der Waals surface area contributed by atoms with E-state index in [-0.39, 0.29) is 0 Å². The van der Waals surface area contributed by atoms with Crippen LogP contribution in [0.1, 0.15) is 50.0 Å². The molecule has 0 saturated heterocycles. The van der Waals surface area contributed by atoms with Crippen LogP contribution >= 0.6 is 0 Å². The van der Waals surface area contributed by atoms with Crippen LogP contribution in [0.3, 0.4) is 0 Å². The second-order valence-corrected chi connectivity index (χ2v) is 5.00. The molecule has 104 valence electrons. The Morgan fingerprint density at radius 1 is 1.47 bits per heavy atom. The third kappa shape index (κ3) is 3.66. The van der Waals surface area contributed by atoms with Crippen LogP contribution in [0.5, 0.6) is 0 Å². The highest BCUT2D eigenvalue weighted by Crippen LogP contribution is 2.25. The molecule has 1 aromatic rings. The highest BCUT2D eigenvalue weighted by molar-refractivity contribution is 5.87. The number of carbonyl (C=O) groups is 1. The Morgan fingerprint density at radius 3 is 3.00 bits per heavy atom. The van der Waals surface area contributed by atoms with Crippen LogP contribution in [0, 0.1) is 5.92 Å². The highest BCUT2D eigenvalue weighted by Gasteiger charge is 2.22. The van der Waals surface area contributed by atoms with Crippen molar-refractivity contribution >= 4 is 11.9 Å². The molecule has 1 saturated carbocycles. The highest BCUT2D eigenvalue weighted by atomic mass is 16.5. The normalized spacial score (nSPS) is 22.8. The van der Waals surface area contributed by atoms with Gasteiger partial charge in [-0.15, -0.1) is 0 Å². The summed E-state index contributed by atoms with van der Waals surface area (Å²) < 4.78 is 4.94. The summed E-state index contributed by atoms with van der Waals surface area (Å²) in [6.07, 6.45) is 6.49. The molecule has 1 aliphatic rings. The van der Waals surface area contributed by atoms with E-state index in [1.807, 2.05) is 0 Å². The molecule has 1 heterocycles. The molecule has 2 atom stereocenters. The van der Waals surface area contributed by atoms with Crippen LogP contribution in [0.2, 0.25) is 0 Å². The number of esters is 1. The Bertz CT molecular complexity index is 436. The van der Waals surface area contributed by atoms with E-state index in [0.717, 1.165) is 6.42 Å². The average Bonchev–Trinajstić information content (AvgIpc) is 2.42. The van der Waals surface area contributed by atoms with Crippen molar-refractivity contribution in [3.8, 4) is 0 Å². The zero-order valence-corrected chi connectivity index (χ0v) is 11.6. The van der Waals surface area contributed by atoms with Gasteiger partial charge in [0.2, 0.25) is 5.95 Å². The molecule has 0 aromatic carbocycles. The van der Waals surface area contributed by atoms with Crippen molar-refractivity contribution in [2.75, 3.05) is 11.9 Å². The van der Waals surface area contributed by atoms with Crippen molar-refractivity contribution in [3.63, 3.8) is 0 Å². The number of ether oxygens (including phenoxy) is 1. The predicted molar refractivity (Wildman–Crippen MR) is 73.0 cm³/mol. The number of hydrogen-bond acceptors (Lipinski definition) is 5. The predicted octanol–water partition coefficient (Wildman–Crippen LogP) is 2.64. The van der Waals surface area contributed by atoms with Gasteiger partial charge in [-0.25, -0.2) is 14.8 Å². The van der Waals surface area contributed by atoms with Crippen LogP contribution in [-0.2, 0) is 4.74 Å². The van der Waals surface area contributed by atoms with Crippen molar-refractivity contribution in [1.82, 2.24) is 9.97 Å². The first-order chi connectivity index (χ1) is 9.20. The zero-order valence-electron chi connectivity index (χ0n) is 11.6. The SMILES string of the molecule is CCOC(=O)c1ccnc(NC2CCCCC2C)n1. The van der Waals surface area contributed by atoms with Crippen molar-refractivity contribution in [2.24, 2.45) is 5.92 Å². The van der Waals surface area contributed by atoms with Gasteiger partial charge in [0, 0.05) is 12.2 Å². The summed E-state index contributed by atoms with van der Waals surface area (Å²) >= 11 is 0. The minimum absolute atomic E-state index is 0.308. The van der Waals surface area contributed by atoms with Crippen LogP contribution in [0.4, 0.5) is 5.95 Å². The summed E-state index contributed by atoms with van der Waals surface area (Å²) in [7, 11) is 0. The Balaban J connectivity index is 2.04. The lowest BCUT2D eigenvalue weighted by atomic mass is 9.86. The zero-order chi connectivity index (χ0) is 13.7. The summed E-state index contributed by atoms with van der Waals surface area (Å²) in [4.78, 5) is 20.0. The van der Waals surface area contributed by atoms with Gasteiger partial charge in [0.15, 0.2) is 5.69 Å². The van der Waals surface area contributed by atoms with E-state index >= 15 is 0 Å². The van der Waals surface area contributed by atoms with Gasteiger partial charge in [-0.2, -0.15) is 0 Å². The molecular weight excluding hydrogens is 242 g/mol. The van der Waals surface area contributed by atoms with Crippen LogP contribution < -0.4 is 5.32 Å². The minimum Gasteiger partial charge on any atom is -0.461 e. The molecule has 2 unspecified atom stereocenters. The van der Waals surface area contributed by atoms with Crippen molar-refractivity contribution in [3.05, 3.63) is 18.0 Å². The third-order valence-electron chi connectivity index (χ3n) is 3.57. The molecule has 1 N–H and O–H groups in total. The summed E-state index contributed by atoms with van der Waals surface area (Å²) in [5.41, 5.74) is 0.308. The topological polar surface area (TPSA) is 64.1 Å². The van der Waals surface area contributed by atoms with Gasteiger partial charge in [0.1, 0.15) is 0 Å². The van der Waals surface area contributed by atoms with E-state index in [2.05, 4.69) is 22.2 Å². The first kappa shape index (κ1) is 13.8. The van der Waals surface area contributed by atoms with Crippen LogP contribution in [0.15, 0.2) is 12.3 Å². The Kier molecular flexibility index (Phi) is 4.71. The summed E-state index contributed by atoms with van der Waals surface area (Å²) in [5.74, 6) is 0.734.